The van der Waals surface area contributed by atoms with Crippen molar-refractivity contribution in [3.05, 3.63) is 59.7 Å². The molecule has 0 radical (unpaired) electrons. The van der Waals surface area contributed by atoms with Gasteiger partial charge in [-0.1, -0.05) is 50.2 Å². The first kappa shape index (κ1) is 24.1. The predicted molar refractivity (Wildman–Crippen MR) is 121 cm³/mol. The van der Waals surface area contributed by atoms with Gasteiger partial charge in [0, 0.05) is 20.1 Å². The minimum atomic E-state index is -0.605. The van der Waals surface area contributed by atoms with Crippen molar-refractivity contribution in [2.75, 3.05) is 27.8 Å². The highest BCUT2D eigenvalue weighted by molar-refractivity contribution is 5.87. The molecule has 1 unspecified atom stereocenters. The molecule has 2 N–H and O–H groups in total. The van der Waals surface area contributed by atoms with Crippen molar-refractivity contribution in [2.45, 2.75) is 32.9 Å². The summed E-state index contributed by atoms with van der Waals surface area (Å²) in [4.78, 5) is 27.0. The number of hydrogen-bond acceptors (Lipinski definition) is 4. The number of carbonyl (C=O) groups is 2. The average molecular weight is 428 g/mol. The second-order valence-corrected chi connectivity index (χ2v) is 7.73. The molecule has 7 nitrogen and oxygen atoms in total. The van der Waals surface area contributed by atoms with Crippen LogP contribution in [0.25, 0.3) is 0 Å². The number of hydrogen-bond donors (Lipinski definition) is 2. The summed E-state index contributed by atoms with van der Waals surface area (Å²) >= 11 is 0. The third-order valence-corrected chi connectivity index (χ3v) is 5.08. The minimum Gasteiger partial charge on any atom is -0.493 e. The number of benzene rings is 2. The first-order valence-corrected chi connectivity index (χ1v) is 10.4. The number of ether oxygens (including phenoxy) is 2. The number of rotatable bonds is 10. The van der Waals surface area contributed by atoms with Crippen molar-refractivity contribution in [1.29, 1.82) is 0 Å². The quantitative estimate of drug-likeness (QED) is 0.610. The molecule has 0 aliphatic carbocycles. The SMILES string of the molecule is COc1ccc(CCN(C)C(=O)C(NC(=O)NCc2ccccc2)C(C)C)cc1OC. The molecule has 3 amide bonds. The summed E-state index contributed by atoms with van der Waals surface area (Å²) in [5, 5.41) is 5.63. The fourth-order valence-electron chi connectivity index (χ4n) is 3.16. The molecule has 0 saturated heterocycles. The van der Waals surface area contributed by atoms with Crippen molar-refractivity contribution in [1.82, 2.24) is 15.5 Å². The molecule has 1 atom stereocenters. The summed E-state index contributed by atoms with van der Waals surface area (Å²) in [6.45, 7) is 4.76. The van der Waals surface area contributed by atoms with Gasteiger partial charge in [-0.2, -0.15) is 0 Å². The molecule has 0 heterocycles. The fourth-order valence-corrected chi connectivity index (χ4v) is 3.16. The number of nitrogens with one attached hydrogen (secondary N) is 2. The van der Waals surface area contributed by atoms with E-state index in [2.05, 4.69) is 10.6 Å². The highest BCUT2D eigenvalue weighted by Crippen LogP contribution is 2.27. The van der Waals surface area contributed by atoms with Crippen LogP contribution >= 0.6 is 0 Å². The average Bonchev–Trinajstić information content (AvgIpc) is 2.79. The maximum Gasteiger partial charge on any atom is 0.315 e. The number of amides is 3. The number of nitrogens with zero attached hydrogens (tertiary/aromatic N) is 1. The topological polar surface area (TPSA) is 79.9 Å². The zero-order chi connectivity index (χ0) is 22.8. The Kier molecular flexibility index (Phi) is 9.18. The minimum absolute atomic E-state index is 0.0431. The van der Waals surface area contributed by atoms with Gasteiger partial charge in [-0.25, -0.2) is 4.79 Å². The Morgan fingerprint density at radius 2 is 1.65 bits per heavy atom. The van der Waals surface area contributed by atoms with Gasteiger partial charge < -0.3 is 25.0 Å². The van der Waals surface area contributed by atoms with Crippen LogP contribution in [0.3, 0.4) is 0 Å². The van der Waals surface area contributed by atoms with Gasteiger partial charge in [0.15, 0.2) is 11.5 Å². The second kappa shape index (κ2) is 11.8. The molecule has 2 rings (SSSR count). The molecule has 0 aliphatic heterocycles. The Bertz CT molecular complexity index is 855. The van der Waals surface area contributed by atoms with Crippen LogP contribution in [0.2, 0.25) is 0 Å². The summed E-state index contributed by atoms with van der Waals surface area (Å²) in [6.07, 6.45) is 0.660. The molecule has 0 bridgehead atoms. The highest BCUT2D eigenvalue weighted by atomic mass is 16.5. The van der Waals surface area contributed by atoms with Gasteiger partial charge in [0.1, 0.15) is 6.04 Å². The van der Waals surface area contributed by atoms with Gasteiger partial charge in [-0.05, 0) is 35.6 Å². The monoisotopic (exact) mass is 427 g/mol. The Morgan fingerprint density at radius 1 is 0.968 bits per heavy atom. The molecule has 0 aromatic heterocycles. The number of likely N-dealkylation sites (N-methyl/N-ethyl adjacent to an activating group) is 1. The van der Waals surface area contributed by atoms with E-state index in [0.29, 0.717) is 31.0 Å². The second-order valence-electron chi connectivity index (χ2n) is 7.73. The molecule has 2 aromatic carbocycles. The first-order chi connectivity index (χ1) is 14.8. The van der Waals surface area contributed by atoms with E-state index < -0.39 is 6.04 Å². The molecule has 168 valence electrons. The first-order valence-electron chi connectivity index (χ1n) is 10.4. The summed E-state index contributed by atoms with van der Waals surface area (Å²) < 4.78 is 10.6. The molecule has 2 aromatic rings. The lowest BCUT2D eigenvalue weighted by atomic mass is 10.0. The molecule has 7 heteroatoms. The summed E-state index contributed by atoms with van der Waals surface area (Å²) in [5.74, 6) is 1.16. The lowest BCUT2D eigenvalue weighted by Gasteiger charge is -2.27. The predicted octanol–water partition coefficient (Wildman–Crippen LogP) is 3.23. The van der Waals surface area contributed by atoms with Crippen LogP contribution in [0, 0.1) is 5.92 Å². The van der Waals surface area contributed by atoms with Crippen LogP contribution in [0.4, 0.5) is 4.79 Å². The summed E-state index contributed by atoms with van der Waals surface area (Å²) in [7, 11) is 4.94. The van der Waals surface area contributed by atoms with Crippen LogP contribution < -0.4 is 20.1 Å². The Balaban J connectivity index is 1.91. The maximum atomic E-state index is 13.0. The molecular formula is C24H33N3O4. The van der Waals surface area contributed by atoms with Gasteiger partial charge >= 0.3 is 6.03 Å². The zero-order valence-electron chi connectivity index (χ0n) is 19.0. The van der Waals surface area contributed by atoms with Crippen molar-refractivity contribution >= 4 is 11.9 Å². The standard InChI is InChI=1S/C24H33N3O4/c1-17(2)22(26-24(29)25-16-19-9-7-6-8-10-19)23(28)27(3)14-13-18-11-12-20(30-4)21(15-18)31-5/h6-12,15,17,22H,13-14,16H2,1-5H3,(H2,25,26,29). The fraction of sp³-hybridized carbons (Fsp3) is 0.417. The van der Waals surface area contributed by atoms with E-state index >= 15 is 0 Å². The van der Waals surface area contributed by atoms with Gasteiger partial charge in [-0.15, -0.1) is 0 Å². The molecule has 0 saturated carbocycles. The van der Waals surface area contributed by atoms with Crippen molar-refractivity contribution in [2.24, 2.45) is 5.92 Å². The summed E-state index contributed by atoms with van der Waals surface area (Å²) in [6, 6.07) is 14.4. The maximum absolute atomic E-state index is 13.0. The molecular weight excluding hydrogens is 394 g/mol. The lowest BCUT2D eigenvalue weighted by Crippen LogP contribution is -2.53. The van der Waals surface area contributed by atoms with E-state index in [1.165, 1.54) is 0 Å². The highest BCUT2D eigenvalue weighted by Gasteiger charge is 2.26. The van der Waals surface area contributed by atoms with E-state index in [1.54, 1.807) is 26.2 Å². The van der Waals surface area contributed by atoms with Gasteiger partial charge in [0.05, 0.1) is 14.2 Å². The van der Waals surface area contributed by atoms with Gasteiger partial charge in [0.25, 0.3) is 0 Å². The van der Waals surface area contributed by atoms with Crippen LogP contribution in [-0.2, 0) is 17.8 Å². The van der Waals surface area contributed by atoms with Crippen LogP contribution in [-0.4, -0.2) is 50.7 Å². The van der Waals surface area contributed by atoms with Crippen molar-refractivity contribution in [3.63, 3.8) is 0 Å². The normalized spacial score (nSPS) is 11.5. The molecule has 31 heavy (non-hydrogen) atoms. The third-order valence-electron chi connectivity index (χ3n) is 5.08. The van der Waals surface area contributed by atoms with E-state index in [9.17, 15) is 9.59 Å². The van der Waals surface area contributed by atoms with Crippen molar-refractivity contribution < 1.29 is 19.1 Å². The Hall–Kier alpha value is -3.22. The molecule has 0 spiro atoms. The van der Waals surface area contributed by atoms with Crippen LogP contribution in [0.5, 0.6) is 11.5 Å². The van der Waals surface area contributed by atoms with Crippen molar-refractivity contribution in [3.8, 4) is 11.5 Å². The number of urea groups is 1. The van der Waals surface area contributed by atoms with Gasteiger partial charge in [0.2, 0.25) is 5.91 Å². The van der Waals surface area contributed by atoms with Crippen LogP contribution in [0.1, 0.15) is 25.0 Å². The largest absolute Gasteiger partial charge is 0.493 e. The molecule has 0 aliphatic rings. The Morgan fingerprint density at radius 3 is 2.26 bits per heavy atom. The van der Waals surface area contributed by atoms with E-state index in [0.717, 1.165) is 11.1 Å². The van der Waals surface area contributed by atoms with Crippen LogP contribution in [0.15, 0.2) is 48.5 Å². The Labute approximate surface area is 184 Å². The van der Waals surface area contributed by atoms with E-state index in [1.807, 2.05) is 62.4 Å². The zero-order valence-corrected chi connectivity index (χ0v) is 19.0. The molecule has 0 fully saturated rings. The lowest BCUT2D eigenvalue weighted by molar-refractivity contribution is -0.132. The van der Waals surface area contributed by atoms with E-state index in [4.69, 9.17) is 9.47 Å². The smallest absolute Gasteiger partial charge is 0.315 e. The third kappa shape index (κ3) is 7.20. The number of carbonyl (C=O) groups excluding carboxylic acids is 2. The van der Waals surface area contributed by atoms with E-state index in [-0.39, 0.29) is 17.9 Å². The summed E-state index contributed by atoms with van der Waals surface area (Å²) in [5.41, 5.74) is 2.03. The van der Waals surface area contributed by atoms with Gasteiger partial charge in [-0.3, -0.25) is 4.79 Å². The number of methoxy groups -OCH3 is 2.